The van der Waals surface area contributed by atoms with Gasteiger partial charge in [-0.15, -0.1) is 0 Å². The number of hydrogen-bond acceptors (Lipinski definition) is 5. The Hall–Kier alpha value is -1.37. The van der Waals surface area contributed by atoms with Gasteiger partial charge in [0.2, 0.25) is 0 Å². The van der Waals surface area contributed by atoms with Crippen molar-refractivity contribution in [1.29, 1.82) is 0 Å². The molecule has 2 N–H and O–H groups in total. The summed E-state index contributed by atoms with van der Waals surface area (Å²) in [5, 5.41) is 10.5. The molecule has 1 aromatic rings. The summed E-state index contributed by atoms with van der Waals surface area (Å²) in [5.41, 5.74) is 5.19. The van der Waals surface area contributed by atoms with Gasteiger partial charge in [0.05, 0.1) is 16.5 Å². The van der Waals surface area contributed by atoms with E-state index >= 15 is 0 Å². The van der Waals surface area contributed by atoms with E-state index in [0.717, 1.165) is 0 Å². The third-order valence-electron chi connectivity index (χ3n) is 1.34. The van der Waals surface area contributed by atoms with Crippen molar-refractivity contribution in [2.45, 2.75) is 0 Å². The van der Waals surface area contributed by atoms with Crippen molar-refractivity contribution < 1.29 is 9.66 Å². The molecule has 0 atom stereocenters. The minimum Gasteiger partial charge on any atom is -0.476 e. The first kappa shape index (κ1) is 9.72. The van der Waals surface area contributed by atoms with Crippen LogP contribution in [0.5, 0.6) is 5.88 Å². The van der Waals surface area contributed by atoms with E-state index in [-0.39, 0.29) is 17.4 Å². The fourth-order valence-corrected chi connectivity index (χ4v) is 1.06. The quantitative estimate of drug-likeness (QED) is 0.629. The van der Waals surface area contributed by atoms with Crippen LogP contribution in [0.2, 0.25) is 0 Å². The molecule has 0 fully saturated rings. The van der Waals surface area contributed by atoms with E-state index in [1.54, 1.807) is 0 Å². The zero-order valence-corrected chi connectivity index (χ0v) is 8.24. The Labute approximate surface area is 82.0 Å². The standard InChI is InChI=1S/C6H6BrN3O3/c1-13-6-4(10(11)12)2-3(7)5(8)9-6/h2H,1H3,(H2,8,9). The van der Waals surface area contributed by atoms with Gasteiger partial charge in [-0.25, -0.2) is 0 Å². The summed E-state index contributed by atoms with van der Waals surface area (Å²) < 4.78 is 5.06. The number of nitrogens with zero attached hydrogens (tertiary/aromatic N) is 2. The monoisotopic (exact) mass is 247 g/mol. The highest BCUT2D eigenvalue weighted by Gasteiger charge is 2.18. The molecule has 0 amide bonds. The van der Waals surface area contributed by atoms with Crippen molar-refractivity contribution in [3.63, 3.8) is 0 Å². The van der Waals surface area contributed by atoms with Crippen LogP contribution in [0.1, 0.15) is 0 Å². The van der Waals surface area contributed by atoms with Crippen LogP contribution in [0.15, 0.2) is 10.5 Å². The van der Waals surface area contributed by atoms with Gasteiger partial charge in [-0.2, -0.15) is 4.98 Å². The second-order valence-corrected chi connectivity index (χ2v) is 3.00. The average Bonchev–Trinajstić information content (AvgIpc) is 2.08. The first-order chi connectivity index (χ1) is 6.06. The molecule has 7 heteroatoms. The molecule has 1 heterocycles. The van der Waals surface area contributed by atoms with Gasteiger partial charge in [0.15, 0.2) is 0 Å². The highest BCUT2D eigenvalue weighted by atomic mass is 79.9. The number of nitrogens with two attached hydrogens (primary N) is 1. The lowest BCUT2D eigenvalue weighted by atomic mass is 10.4. The Morgan fingerprint density at radius 1 is 1.77 bits per heavy atom. The van der Waals surface area contributed by atoms with Crippen LogP contribution in [0.3, 0.4) is 0 Å². The van der Waals surface area contributed by atoms with E-state index in [2.05, 4.69) is 25.7 Å². The molecule has 70 valence electrons. The number of nitrogen functional groups attached to an aromatic ring is 1. The number of rotatable bonds is 2. The molecule has 0 aromatic carbocycles. The van der Waals surface area contributed by atoms with E-state index in [4.69, 9.17) is 5.73 Å². The number of anilines is 1. The minimum absolute atomic E-state index is 0.0919. The van der Waals surface area contributed by atoms with Crippen molar-refractivity contribution >= 4 is 27.4 Å². The van der Waals surface area contributed by atoms with E-state index in [1.807, 2.05) is 0 Å². The molecule has 1 rings (SSSR count). The lowest BCUT2D eigenvalue weighted by Gasteiger charge is -2.02. The molecule has 0 spiro atoms. The predicted molar refractivity (Wildman–Crippen MR) is 49.6 cm³/mol. The number of methoxy groups -OCH3 is 1. The minimum atomic E-state index is -0.587. The summed E-state index contributed by atoms with van der Waals surface area (Å²) in [6.07, 6.45) is 0. The summed E-state index contributed by atoms with van der Waals surface area (Å²) in [4.78, 5) is 13.6. The predicted octanol–water partition coefficient (Wildman–Crippen LogP) is 1.34. The van der Waals surface area contributed by atoms with Gasteiger partial charge >= 0.3 is 5.69 Å². The third-order valence-corrected chi connectivity index (χ3v) is 1.97. The molecule has 6 nitrogen and oxygen atoms in total. The van der Waals surface area contributed by atoms with Crippen molar-refractivity contribution in [3.8, 4) is 5.88 Å². The highest BCUT2D eigenvalue weighted by molar-refractivity contribution is 9.10. The normalized spacial score (nSPS) is 9.69. The molecular formula is C6H6BrN3O3. The second-order valence-electron chi connectivity index (χ2n) is 2.14. The van der Waals surface area contributed by atoms with E-state index < -0.39 is 4.92 Å². The summed E-state index contributed by atoms with van der Waals surface area (Å²) >= 11 is 3.03. The fourth-order valence-electron chi connectivity index (χ4n) is 0.757. The van der Waals surface area contributed by atoms with Crippen molar-refractivity contribution in [2.75, 3.05) is 12.8 Å². The molecule has 1 aromatic heterocycles. The van der Waals surface area contributed by atoms with Crippen molar-refractivity contribution in [2.24, 2.45) is 0 Å². The number of hydrogen-bond donors (Lipinski definition) is 1. The maximum Gasteiger partial charge on any atom is 0.332 e. The van der Waals surface area contributed by atoms with Gasteiger partial charge in [-0.1, -0.05) is 0 Å². The van der Waals surface area contributed by atoms with Crippen LogP contribution < -0.4 is 10.5 Å². The van der Waals surface area contributed by atoms with Gasteiger partial charge in [0.1, 0.15) is 5.82 Å². The third kappa shape index (κ3) is 1.86. The SMILES string of the molecule is COc1nc(N)c(Br)cc1[N+](=O)[O-]. The molecule has 0 aliphatic carbocycles. The zero-order valence-electron chi connectivity index (χ0n) is 6.65. The molecular weight excluding hydrogens is 242 g/mol. The first-order valence-corrected chi connectivity index (χ1v) is 4.00. The Bertz CT molecular complexity index is 355. The van der Waals surface area contributed by atoms with Crippen LogP contribution in [0, 0.1) is 10.1 Å². The zero-order chi connectivity index (χ0) is 10.0. The van der Waals surface area contributed by atoms with E-state index in [0.29, 0.717) is 4.47 Å². The summed E-state index contributed by atoms with van der Waals surface area (Å²) in [5.74, 6) is 0.0631. The van der Waals surface area contributed by atoms with Crippen LogP contribution >= 0.6 is 15.9 Å². The van der Waals surface area contributed by atoms with E-state index in [1.165, 1.54) is 13.2 Å². The molecule has 0 saturated carbocycles. The fraction of sp³-hybridized carbons (Fsp3) is 0.167. The second kappa shape index (κ2) is 3.56. The van der Waals surface area contributed by atoms with Crippen LogP contribution in [0.25, 0.3) is 0 Å². The number of pyridine rings is 1. The van der Waals surface area contributed by atoms with Gasteiger partial charge in [0, 0.05) is 6.07 Å². The average molecular weight is 248 g/mol. The Kier molecular flexibility index (Phi) is 2.66. The maximum absolute atomic E-state index is 10.5. The molecule has 0 bridgehead atoms. The molecule has 0 aliphatic heterocycles. The Morgan fingerprint density at radius 2 is 2.38 bits per heavy atom. The smallest absolute Gasteiger partial charge is 0.332 e. The molecule has 0 saturated heterocycles. The van der Waals surface area contributed by atoms with Gasteiger partial charge in [-0.05, 0) is 15.9 Å². The molecule has 0 unspecified atom stereocenters. The van der Waals surface area contributed by atoms with Crippen molar-refractivity contribution in [1.82, 2.24) is 4.98 Å². The van der Waals surface area contributed by atoms with E-state index in [9.17, 15) is 10.1 Å². The van der Waals surface area contributed by atoms with Gasteiger partial charge in [0.25, 0.3) is 5.88 Å². The number of halogens is 1. The maximum atomic E-state index is 10.5. The van der Waals surface area contributed by atoms with Gasteiger partial charge in [-0.3, -0.25) is 10.1 Å². The lowest BCUT2D eigenvalue weighted by Crippen LogP contribution is -2.00. The number of nitro groups is 1. The molecule has 0 radical (unpaired) electrons. The van der Waals surface area contributed by atoms with Crippen LogP contribution in [-0.2, 0) is 0 Å². The summed E-state index contributed by atoms with van der Waals surface area (Å²) in [6, 6.07) is 1.25. The lowest BCUT2D eigenvalue weighted by molar-refractivity contribution is -0.386. The Morgan fingerprint density at radius 3 is 2.85 bits per heavy atom. The summed E-state index contributed by atoms with van der Waals surface area (Å²) in [7, 11) is 1.29. The van der Waals surface area contributed by atoms with Gasteiger partial charge < -0.3 is 10.5 Å². The largest absolute Gasteiger partial charge is 0.476 e. The first-order valence-electron chi connectivity index (χ1n) is 3.20. The molecule has 0 aliphatic rings. The topological polar surface area (TPSA) is 91.3 Å². The van der Waals surface area contributed by atoms with Crippen LogP contribution in [-0.4, -0.2) is 17.0 Å². The Balaban J connectivity index is 3.33. The highest BCUT2D eigenvalue weighted by Crippen LogP contribution is 2.30. The summed E-state index contributed by atoms with van der Waals surface area (Å²) in [6.45, 7) is 0. The number of aromatic nitrogens is 1. The number of ether oxygens (including phenoxy) is 1. The van der Waals surface area contributed by atoms with Crippen LogP contribution in [0.4, 0.5) is 11.5 Å². The van der Waals surface area contributed by atoms with Crippen molar-refractivity contribution in [3.05, 3.63) is 20.7 Å². The molecule has 13 heavy (non-hydrogen) atoms.